The van der Waals surface area contributed by atoms with E-state index in [0.717, 1.165) is 37.3 Å². The van der Waals surface area contributed by atoms with Crippen molar-refractivity contribution in [3.63, 3.8) is 0 Å². The van der Waals surface area contributed by atoms with Gasteiger partial charge in [-0.05, 0) is 24.1 Å². The van der Waals surface area contributed by atoms with Gasteiger partial charge >= 0.3 is 0 Å². The standard InChI is InChI=1S/C17H21N5O2/c23-17(22-7-9-24-10-8-22)16-14-3-6-21(12-15(14)19-20-16)11-13-1-4-18-5-2-13/h1-2,4-5H,3,6-12H2,(H,19,20). The SMILES string of the molecule is O=C(c1n[nH]c2c1CCN(Cc1ccncc1)C2)N1CCOCC1. The second-order valence-electron chi connectivity index (χ2n) is 6.25. The fourth-order valence-electron chi connectivity index (χ4n) is 3.35. The number of aromatic nitrogens is 3. The van der Waals surface area contributed by atoms with E-state index in [1.807, 2.05) is 29.4 Å². The molecule has 4 rings (SSSR count). The smallest absolute Gasteiger partial charge is 0.274 e. The van der Waals surface area contributed by atoms with Crippen molar-refractivity contribution in [1.29, 1.82) is 0 Å². The first-order valence-corrected chi connectivity index (χ1v) is 8.35. The summed E-state index contributed by atoms with van der Waals surface area (Å²) >= 11 is 0. The summed E-state index contributed by atoms with van der Waals surface area (Å²) in [5.41, 5.74) is 3.98. The monoisotopic (exact) mass is 327 g/mol. The summed E-state index contributed by atoms with van der Waals surface area (Å²) in [6.45, 7) is 5.12. The van der Waals surface area contributed by atoms with Crippen LogP contribution in [-0.4, -0.2) is 63.7 Å². The predicted octanol–water partition coefficient (Wildman–Crippen LogP) is 0.835. The van der Waals surface area contributed by atoms with Gasteiger partial charge in [-0.25, -0.2) is 0 Å². The van der Waals surface area contributed by atoms with Crippen LogP contribution in [0, 0.1) is 0 Å². The number of ether oxygens (including phenoxy) is 1. The van der Waals surface area contributed by atoms with Crippen molar-refractivity contribution < 1.29 is 9.53 Å². The third kappa shape index (κ3) is 3.05. The topological polar surface area (TPSA) is 74.4 Å². The molecular formula is C17H21N5O2. The molecule has 0 saturated carbocycles. The van der Waals surface area contributed by atoms with E-state index >= 15 is 0 Å². The van der Waals surface area contributed by atoms with Gasteiger partial charge in [-0.3, -0.25) is 19.8 Å². The number of nitrogens with zero attached hydrogens (tertiary/aromatic N) is 4. The number of nitrogens with one attached hydrogen (secondary N) is 1. The van der Waals surface area contributed by atoms with Crippen molar-refractivity contribution in [1.82, 2.24) is 25.0 Å². The number of carbonyl (C=O) groups is 1. The molecular weight excluding hydrogens is 306 g/mol. The van der Waals surface area contributed by atoms with Crippen LogP contribution in [0.1, 0.15) is 27.3 Å². The first kappa shape index (κ1) is 15.3. The molecule has 0 atom stereocenters. The molecule has 24 heavy (non-hydrogen) atoms. The largest absolute Gasteiger partial charge is 0.378 e. The summed E-state index contributed by atoms with van der Waals surface area (Å²) in [5, 5.41) is 7.40. The van der Waals surface area contributed by atoms with E-state index in [1.54, 1.807) is 0 Å². The van der Waals surface area contributed by atoms with E-state index in [-0.39, 0.29) is 5.91 Å². The van der Waals surface area contributed by atoms with Crippen molar-refractivity contribution in [2.24, 2.45) is 0 Å². The Morgan fingerprint density at radius 1 is 1.21 bits per heavy atom. The Labute approximate surface area is 140 Å². The molecule has 1 saturated heterocycles. The maximum Gasteiger partial charge on any atom is 0.274 e. The average molecular weight is 327 g/mol. The van der Waals surface area contributed by atoms with Crippen molar-refractivity contribution in [2.45, 2.75) is 19.5 Å². The van der Waals surface area contributed by atoms with Crippen molar-refractivity contribution in [2.75, 3.05) is 32.8 Å². The molecule has 1 amide bonds. The lowest BCUT2D eigenvalue weighted by Crippen LogP contribution is -2.41. The zero-order valence-electron chi connectivity index (χ0n) is 13.6. The molecule has 1 N–H and O–H groups in total. The summed E-state index contributed by atoms with van der Waals surface area (Å²) in [4.78, 5) is 20.9. The lowest BCUT2D eigenvalue weighted by atomic mass is 10.0. The Morgan fingerprint density at radius 2 is 2.00 bits per heavy atom. The number of H-pyrrole nitrogens is 1. The lowest BCUT2D eigenvalue weighted by Gasteiger charge is -2.28. The predicted molar refractivity (Wildman–Crippen MR) is 87.4 cm³/mol. The number of carbonyl (C=O) groups excluding carboxylic acids is 1. The molecule has 0 radical (unpaired) electrons. The van der Waals surface area contributed by atoms with E-state index in [2.05, 4.69) is 20.1 Å². The zero-order valence-corrected chi connectivity index (χ0v) is 13.6. The highest BCUT2D eigenvalue weighted by Crippen LogP contribution is 2.22. The third-order valence-corrected chi connectivity index (χ3v) is 4.67. The van der Waals surface area contributed by atoms with Crippen molar-refractivity contribution in [3.8, 4) is 0 Å². The number of rotatable bonds is 3. The van der Waals surface area contributed by atoms with Crippen LogP contribution in [0.5, 0.6) is 0 Å². The van der Waals surface area contributed by atoms with Crippen LogP contribution in [0.4, 0.5) is 0 Å². The normalized spacial score (nSPS) is 18.4. The Bertz CT molecular complexity index is 709. The van der Waals surface area contributed by atoms with Crippen LogP contribution in [0.25, 0.3) is 0 Å². The zero-order chi connectivity index (χ0) is 16.4. The van der Waals surface area contributed by atoms with Crippen LogP contribution in [0.15, 0.2) is 24.5 Å². The molecule has 0 aromatic carbocycles. The van der Waals surface area contributed by atoms with Gasteiger partial charge in [0.25, 0.3) is 5.91 Å². The fraction of sp³-hybridized carbons (Fsp3) is 0.471. The number of amides is 1. The first-order valence-electron chi connectivity index (χ1n) is 8.35. The molecule has 7 heteroatoms. The van der Waals surface area contributed by atoms with Gasteiger partial charge < -0.3 is 9.64 Å². The van der Waals surface area contributed by atoms with Gasteiger partial charge in [-0.1, -0.05) is 0 Å². The van der Waals surface area contributed by atoms with Crippen molar-refractivity contribution in [3.05, 3.63) is 47.0 Å². The number of fused-ring (bicyclic) bond motifs is 1. The maximum atomic E-state index is 12.7. The minimum Gasteiger partial charge on any atom is -0.378 e. The minimum absolute atomic E-state index is 0.0263. The number of pyridine rings is 1. The van der Waals surface area contributed by atoms with Gasteiger partial charge in [0.1, 0.15) is 0 Å². The Kier molecular flexibility index (Phi) is 4.27. The lowest BCUT2D eigenvalue weighted by molar-refractivity contribution is 0.0298. The highest BCUT2D eigenvalue weighted by molar-refractivity contribution is 5.94. The second kappa shape index (κ2) is 6.70. The molecule has 0 unspecified atom stereocenters. The number of morpholine rings is 1. The van der Waals surface area contributed by atoms with E-state index in [4.69, 9.17) is 4.74 Å². The molecule has 2 aliphatic rings. The molecule has 7 nitrogen and oxygen atoms in total. The van der Waals surface area contributed by atoms with Crippen LogP contribution < -0.4 is 0 Å². The van der Waals surface area contributed by atoms with Gasteiger partial charge in [0.15, 0.2) is 5.69 Å². The van der Waals surface area contributed by atoms with Gasteiger partial charge in [0.05, 0.1) is 18.9 Å². The third-order valence-electron chi connectivity index (χ3n) is 4.67. The van der Waals surface area contributed by atoms with Crippen LogP contribution >= 0.6 is 0 Å². The first-order chi connectivity index (χ1) is 11.8. The summed E-state index contributed by atoms with van der Waals surface area (Å²) < 4.78 is 5.32. The molecule has 0 bridgehead atoms. The summed E-state index contributed by atoms with van der Waals surface area (Å²) in [5.74, 6) is 0.0263. The second-order valence-corrected chi connectivity index (χ2v) is 6.25. The van der Waals surface area contributed by atoms with Gasteiger partial charge in [0, 0.05) is 50.7 Å². The highest BCUT2D eigenvalue weighted by atomic mass is 16.5. The molecule has 126 valence electrons. The van der Waals surface area contributed by atoms with Crippen LogP contribution in [0.3, 0.4) is 0 Å². The van der Waals surface area contributed by atoms with E-state index < -0.39 is 0 Å². The summed E-state index contributed by atoms with van der Waals surface area (Å²) in [6.07, 6.45) is 4.49. The molecule has 4 heterocycles. The Hall–Kier alpha value is -2.25. The molecule has 2 aromatic rings. The van der Waals surface area contributed by atoms with Crippen LogP contribution in [-0.2, 0) is 24.2 Å². The average Bonchev–Trinajstić information content (AvgIpc) is 3.06. The van der Waals surface area contributed by atoms with E-state index in [0.29, 0.717) is 32.0 Å². The molecule has 0 aliphatic carbocycles. The van der Waals surface area contributed by atoms with Crippen LogP contribution in [0.2, 0.25) is 0 Å². The van der Waals surface area contributed by atoms with Gasteiger partial charge in [-0.2, -0.15) is 5.10 Å². The molecule has 1 fully saturated rings. The number of aromatic amines is 1. The highest BCUT2D eigenvalue weighted by Gasteiger charge is 2.28. The van der Waals surface area contributed by atoms with Gasteiger partial charge in [0.2, 0.25) is 0 Å². The summed E-state index contributed by atoms with van der Waals surface area (Å²) in [7, 11) is 0. The van der Waals surface area contributed by atoms with E-state index in [1.165, 1.54) is 5.56 Å². The minimum atomic E-state index is 0.0263. The Balaban J connectivity index is 1.46. The summed E-state index contributed by atoms with van der Waals surface area (Å²) in [6, 6.07) is 4.08. The molecule has 2 aromatic heterocycles. The number of hydrogen-bond donors (Lipinski definition) is 1. The van der Waals surface area contributed by atoms with Gasteiger partial charge in [-0.15, -0.1) is 0 Å². The number of hydrogen-bond acceptors (Lipinski definition) is 5. The quantitative estimate of drug-likeness (QED) is 0.904. The fourth-order valence-corrected chi connectivity index (χ4v) is 3.35. The maximum absolute atomic E-state index is 12.7. The molecule has 0 spiro atoms. The molecule has 2 aliphatic heterocycles. The Morgan fingerprint density at radius 3 is 2.79 bits per heavy atom. The van der Waals surface area contributed by atoms with E-state index in [9.17, 15) is 4.79 Å². The van der Waals surface area contributed by atoms with Crippen molar-refractivity contribution >= 4 is 5.91 Å².